The van der Waals surface area contributed by atoms with Crippen molar-refractivity contribution in [2.45, 2.75) is 19.9 Å². The van der Waals surface area contributed by atoms with Crippen molar-refractivity contribution in [2.24, 2.45) is 7.05 Å². The number of carbonyl (C=O) groups is 1. The number of methoxy groups -OCH3 is 1. The molecule has 0 amide bonds. The number of nitrogens with one attached hydrogen (secondary N) is 1. The Kier molecular flexibility index (Phi) is 6.28. The van der Waals surface area contributed by atoms with Gasteiger partial charge in [-0.25, -0.2) is 4.79 Å². The first-order chi connectivity index (χ1) is 14.3. The first kappa shape index (κ1) is 21.6. The van der Waals surface area contributed by atoms with Crippen molar-refractivity contribution in [1.82, 2.24) is 14.5 Å². The summed E-state index contributed by atoms with van der Waals surface area (Å²) < 4.78 is 7.26. The second kappa shape index (κ2) is 8.73. The van der Waals surface area contributed by atoms with Crippen LogP contribution in [0.25, 0.3) is 22.2 Å². The van der Waals surface area contributed by atoms with Gasteiger partial charge in [0.1, 0.15) is 5.75 Å². The Labute approximate surface area is 174 Å². The van der Waals surface area contributed by atoms with Crippen molar-refractivity contribution in [1.29, 1.82) is 0 Å². The highest BCUT2D eigenvalue weighted by atomic mass is 16.5. The lowest BCUT2D eigenvalue weighted by atomic mass is 9.99. The normalized spacial score (nSPS) is 11.5. The zero-order chi connectivity index (χ0) is 22.0. The number of rotatable bonds is 8. The second-order valence-electron chi connectivity index (χ2n) is 7.39. The van der Waals surface area contributed by atoms with Gasteiger partial charge >= 0.3 is 5.97 Å². The number of benzene rings is 1. The van der Waals surface area contributed by atoms with Crippen molar-refractivity contribution in [3.8, 4) is 17.0 Å². The fourth-order valence-corrected chi connectivity index (χ4v) is 3.73. The maximum Gasteiger partial charge on any atom is 0.345 e. The monoisotopic (exact) mass is 413 g/mol. The second-order valence-corrected chi connectivity index (χ2v) is 7.39. The van der Waals surface area contributed by atoms with Crippen molar-refractivity contribution >= 4 is 16.9 Å². The molecule has 2 aromatic heterocycles. The summed E-state index contributed by atoms with van der Waals surface area (Å²) in [5.41, 5.74) is 2.29. The molecule has 0 fully saturated rings. The number of aryl methyl sites for hydroxylation is 1. The first-order valence-corrected chi connectivity index (χ1v) is 9.76. The molecule has 0 saturated heterocycles. The topological polar surface area (TPSA) is 108 Å². The van der Waals surface area contributed by atoms with Crippen LogP contribution in [0.3, 0.4) is 0 Å². The third kappa shape index (κ3) is 3.96. The van der Waals surface area contributed by atoms with Gasteiger partial charge in [-0.05, 0) is 37.2 Å². The number of fused-ring (bicyclic) bond motifs is 1. The van der Waals surface area contributed by atoms with Crippen LogP contribution in [-0.2, 0) is 24.8 Å². The third-order valence-corrected chi connectivity index (χ3v) is 5.40. The van der Waals surface area contributed by atoms with Crippen LogP contribution in [0, 0.1) is 0 Å². The molecule has 3 N–H and O–H groups in total. The van der Waals surface area contributed by atoms with E-state index in [4.69, 9.17) is 4.74 Å². The molecule has 0 aliphatic heterocycles. The number of ether oxygens (including phenoxy) is 1. The van der Waals surface area contributed by atoms with Gasteiger partial charge in [-0.1, -0.05) is 13.0 Å². The molecule has 8 nitrogen and oxygen atoms in total. The molecule has 0 atom stereocenters. The van der Waals surface area contributed by atoms with E-state index in [1.807, 2.05) is 32.3 Å². The number of aromatic nitrogens is 2. The lowest BCUT2D eigenvalue weighted by Crippen LogP contribution is -2.23. The average molecular weight is 413 g/mol. The van der Waals surface area contributed by atoms with Gasteiger partial charge in [0.25, 0.3) is 5.56 Å². The van der Waals surface area contributed by atoms with Crippen LogP contribution in [0.2, 0.25) is 0 Å². The van der Waals surface area contributed by atoms with E-state index in [2.05, 4.69) is 20.5 Å². The summed E-state index contributed by atoms with van der Waals surface area (Å²) in [6, 6.07) is 7.87. The zero-order valence-electron chi connectivity index (χ0n) is 17.7. The SMILES string of the molecule is CCc1c(-c2ccc3c(c2)cc(CN(C)CCOC)n3C)[nH]c(=O)c(C(=O)O)c1O. The lowest BCUT2D eigenvalue weighted by molar-refractivity contribution is 0.0691. The van der Waals surface area contributed by atoms with E-state index < -0.39 is 22.8 Å². The number of aromatic hydroxyl groups is 1. The number of hydrogen-bond donors (Lipinski definition) is 3. The Morgan fingerprint density at radius 3 is 2.67 bits per heavy atom. The molecule has 0 radical (unpaired) electrons. The van der Waals surface area contributed by atoms with Crippen LogP contribution in [0.1, 0.15) is 28.5 Å². The Bertz CT molecular complexity index is 1150. The number of aromatic carboxylic acids is 1. The number of aromatic amines is 1. The van der Waals surface area contributed by atoms with Crippen LogP contribution in [0.5, 0.6) is 5.75 Å². The third-order valence-electron chi connectivity index (χ3n) is 5.40. The predicted molar refractivity (Wildman–Crippen MR) is 115 cm³/mol. The summed E-state index contributed by atoms with van der Waals surface area (Å²) in [5.74, 6) is -1.92. The number of carboxylic acids is 1. The van der Waals surface area contributed by atoms with Gasteiger partial charge in [-0.15, -0.1) is 0 Å². The summed E-state index contributed by atoms with van der Waals surface area (Å²) in [5, 5.41) is 20.6. The quantitative estimate of drug-likeness (QED) is 0.524. The Balaban J connectivity index is 2.06. The molecule has 0 unspecified atom stereocenters. The van der Waals surface area contributed by atoms with Crippen molar-refractivity contribution < 1.29 is 19.7 Å². The first-order valence-electron chi connectivity index (χ1n) is 9.76. The van der Waals surface area contributed by atoms with Gasteiger partial charge in [0.05, 0.1) is 12.3 Å². The Morgan fingerprint density at radius 2 is 2.03 bits per heavy atom. The Hall–Kier alpha value is -3.10. The van der Waals surface area contributed by atoms with Gasteiger partial charge in [0.2, 0.25) is 0 Å². The van der Waals surface area contributed by atoms with Crippen LogP contribution < -0.4 is 5.56 Å². The van der Waals surface area contributed by atoms with Gasteiger partial charge < -0.3 is 24.5 Å². The minimum atomic E-state index is -1.45. The van der Waals surface area contributed by atoms with Gasteiger partial charge in [0.15, 0.2) is 5.56 Å². The minimum absolute atomic E-state index is 0.376. The van der Waals surface area contributed by atoms with E-state index in [1.165, 1.54) is 0 Å². The molecule has 3 aromatic rings. The summed E-state index contributed by atoms with van der Waals surface area (Å²) in [4.78, 5) is 28.4. The van der Waals surface area contributed by atoms with Gasteiger partial charge in [0, 0.05) is 49.4 Å². The maximum atomic E-state index is 12.3. The highest BCUT2D eigenvalue weighted by Gasteiger charge is 2.22. The summed E-state index contributed by atoms with van der Waals surface area (Å²) >= 11 is 0. The number of H-pyrrole nitrogens is 1. The summed E-state index contributed by atoms with van der Waals surface area (Å²) in [6.45, 7) is 4.04. The number of pyridine rings is 1. The summed E-state index contributed by atoms with van der Waals surface area (Å²) in [7, 11) is 5.73. The van der Waals surface area contributed by atoms with E-state index in [-0.39, 0.29) is 0 Å². The van der Waals surface area contributed by atoms with Crippen molar-refractivity contribution in [3.05, 3.63) is 51.4 Å². The fourth-order valence-electron chi connectivity index (χ4n) is 3.73. The molecule has 0 aliphatic carbocycles. The number of hydrogen-bond acceptors (Lipinski definition) is 5. The molecule has 3 rings (SSSR count). The van der Waals surface area contributed by atoms with Crippen LogP contribution >= 0.6 is 0 Å². The molecule has 0 saturated carbocycles. The van der Waals surface area contributed by atoms with Crippen LogP contribution in [0.4, 0.5) is 0 Å². The summed E-state index contributed by atoms with van der Waals surface area (Å²) in [6.07, 6.45) is 0.376. The molecule has 0 spiro atoms. The molecule has 160 valence electrons. The number of likely N-dealkylation sites (N-methyl/N-ethyl adjacent to an activating group) is 1. The Morgan fingerprint density at radius 1 is 1.30 bits per heavy atom. The van der Waals surface area contributed by atoms with Crippen LogP contribution in [-0.4, -0.2) is 57.9 Å². The fraction of sp³-hybridized carbons (Fsp3) is 0.364. The van der Waals surface area contributed by atoms with Crippen LogP contribution in [0.15, 0.2) is 29.1 Å². The average Bonchev–Trinajstić information content (AvgIpc) is 3.00. The molecule has 1 aromatic carbocycles. The zero-order valence-corrected chi connectivity index (χ0v) is 17.7. The van der Waals surface area contributed by atoms with Gasteiger partial charge in [-0.3, -0.25) is 9.69 Å². The van der Waals surface area contributed by atoms with E-state index in [0.717, 1.165) is 29.7 Å². The molecule has 0 bridgehead atoms. The van der Waals surface area contributed by atoms with E-state index in [9.17, 15) is 19.8 Å². The van der Waals surface area contributed by atoms with Crippen molar-refractivity contribution in [2.75, 3.05) is 27.3 Å². The number of nitrogens with zero attached hydrogens (tertiary/aromatic N) is 2. The standard InChI is InChI=1S/C22H27N3O5/c1-5-16-19(23-21(27)18(20(16)26)22(28)29)13-6-7-17-14(10-13)11-15(25(17)3)12-24(2)8-9-30-4/h6-7,10-11H,5,8-9,12H2,1-4H3,(H,28,29)(H2,23,26,27). The highest BCUT2D eigenvalue weighted by molar-refractivity contribution is 5.92. The predicted octanol–water partition coefficient (Wildman–Crippen LogP) is 2.58. The molecule has 0 aliphatic rings. The minimum Gasteiger partial charge on any atom is -0.506 e. The molecule has 8 heteroatoms. The number of carboxylic acid groups (broad SMARTS) is 1. The van der Waals surface area contributed by atoms with E-state index in [0.29, 0.717) is 29.8 Å². The van der Waals surface area contributed by atoms with Crippen molar-refractivity contribution in [3.63, 3.8) is 0 Å². The molecule has 30 heavy (non-hydrogen) atoms. The molecular formula is C22H27N3O5. The van der Waals surface area contributed by atoms with E-state index in [1.54, 1.807) is 14.0 Å². The van der Waals surface area contributed by atoms with Gasteiger partial charge in [-0.2, -0.15) is 0 Å². The molecule has 2 heterocycles. The van der Waals surface area contributed by atoms with E-state index >= 15 is 0 Å². The highest BCUT2D eigenvalue weighted by Crippen LogP contribution is 2.32. The maximum absolute atomic E-state index is 12.3. The lowest BCUT2D eigenvalue weighted by Gasteiger charge is -2.16. The smallest absolute Gasteiger partial charge is 0.345 e. The largest absolute Gasteiger partial charge is 0.506 e. The molecular weight excluding hydrogens is 386 g/mol.